The molecule has 0 spiro atoms. The molecular formula is C27H23N7. The predicted octanol–water partition coefficient (Wildman–Crippen LogP) is 4.66. The van der Waals surface area contributed by atoms with Gasteiger partial charge in [0.2, 0.25) is 0 Å². The molecule has 5 rings (SSSR count). The zero-order valence-corrected chi connectivity index (χ0v) is 18.9. The second-order valence-corrected chi connectivity index (χ2v) is 8.38. The quantitative estimate of drug-likeness (QED) is 0.461. The van der Waals surface area contributed by atoms with Crippen LogP contribution in [-0.2, 0) is 5.54 Å². The van der Waals surface area contributed by atoms with Gasteiger partial charge in [-0.05, 0) is 72.8 Å². The minimum absolute atomic E-state index is 0.516. The van der Waals surface area contributed by atoms with Crippen LogP contribution in [0.3, 0.4) is 0 Å². The molecule has 0 bridgehead atoms. The van der Waals surface area contributed by atoms with Gasteiger partial charge in [-0.15, -0.1) is 0 Å². The summed E-state index contributed by atoms with van der Waals surface area (Å²) in [4.78, 5) is 17.5. The number of nitriles is 1. The summed E-state index contributed by atoms with van der Waals surface area (Å²) in [5, 5.41) is 18.6. The Hall–Kier alpha value is -4.57. The number of pyridine rings is 4. The van der Waals surface area contributed by atoms with Gasteiger partial charge in [-0.3, -0.25) is 15.0 Å². The fourth-order valence-corrected chi connectivity index (χ4v) is 4.11. The number of hydrogen-bond acceptors (Lipinski definition) is 7. The van der Waals surface area contributed by atoms with Crippen molar-refractivity contribution in [2.45, 2.75) is 19.4 Å². The number of nitrogens with one attached hydrogen (secondary N) is 2. The fraction of sp³-hybridized carbons (Fsp3) is 0.148. The molecule has 0 saturated carbocycles. The fourth-order valence-electron chi connectivity index (χ4n) is 4.11. The average molecular weight is 446 g/mol. The van der Waals surface area contributed by atoms with Crippen molar-refractivity contribution in [1.29, 1.82) is 5.26 Å². The van der Waals surface area contributed by atoms with Gasteiger partial charge in [0, 0.05) is 60.4 Å². The van der Waals surface area contributed by atoms with Gasteiger partial charge in [-0.1, -0.05) is 0 Å². The molecule has 0 fully saturated rings. The number of fused-ring (bicyclic) bond motifs is 1. The topological polar surface area (TPSA) is 99.4 Å². The van der Waals surface area contributed by atoms with Crippen LogP contribution in [-0.4, -0.2) is 26.5 Å². The van der Waals surface area contributed by atoms with Gasteiger partial charge in [0.15, 0.2) is 0 Å². The molecule has 5 heterocycles. The number of aromatic nitrogens is 4. The van der Waals surface area contributed by atoms with Crippen molar-refractivity contribution in [2.75, 3.05) is 11.9 Å². The second-order valence-electron chi connectivity index (χ2n) is 8.38. The molecule has 1 atom stereocenters. The highest BCUT2D eigenvalue weighted by Crippen LogP contribution is 2.32. The Bertz CT molecular complexity index is 1470. The van der Waals surface area contributed by atoms with Crippen molar-refractivity contribution in [2.24, 2.45) is 0 Å². The Morgan fingerprint density at radius 3 is 2.65 bits per heavy atom. The molecule has 7 heteroatoms. The summed E-state index contributed by atoms with van der Waals surface area (Å²) in [6.07, 6.45) is 12.8. The lowest BCUT2D eigenvalue weighted by Crippen LogP contribution is -2.40. The first-order chi connectivity index (χ1) is 16.6. The molecule has 4 aromatic heterocycles. The van der Waals surface area contributed by atoms with E-state index in [1.165, 1.54) is 0 Å². The smallest absolute Gasteiger partial charge is 0.135 e. The Morgan fingerprint density at radius 2 is 1.85 bits per heavy atom. The lowest BCUT2D eigenvalue weighted by atomic mass is 9.82. The Kier molecular flexibility index (Phi) is 5.48. The maximum atomic E-state index is 9.82. The van der Waals surface area contributed by atoms with Crippen molar-refractivity contribution >= 4 is 16.6 Å². The van der Waals surface area contributed by atoms with E-state index >= 15 is 0 Å². The van der Waals surface area contributed by atoms with Crippen molar-refractivity contribution in [1.82, 2.24) is 25.3 Å². The molecule has 1 aliphatic rings. The number of hydrogen-bond donors (Lipinski definition) is 2. The van der Waals surface area contributed by atoms with Crippen molar-refractivity contribution in [3.05, 3.63) is 102 Å². The van der Waals surface area contributed by atoms with Crippen LogP contribution in [0.1, 0.15) is 18.2 Å². The molecule has 1 unspecified atom stereocenters. The molecule has 7 nitrogen and oxygen atoms in total. The van der Waals surface area contributed by atoms with E-state index in [2.05, 4.69) is 42.7 Å². The summed E-state index contributed by atoms with van der Waals surface area (Å²) in [6, 6.07) is 14.2. The molecule has 1 aliphatic heterocycles. The van der Waals surface area contributed by atoms with E-state index in [0.29, 0.717) is 12.1 Å². The first-order valence-electron chi connectivity index (χ1n) is 11.0. The van der Waals surface area contributed by atoms with E-state index in [-0.39, 0.29) is 0 Å². The van der Waals surface area contributed by atoms with Crippen LogP contribution in [0.5, 0.6) is 0 Å². The van der Waals surface area contributed by atoms with E-state index in [1.54, 1.807) is 24.8 Å². The van der Waals surface area contributed by atoms with Gasteiger partial charge >= 0.3 is 0 Å². The van der Waals surface area contributed by atoms with Crippen LogP contribution < -0.4 is 10.6 Å². The normalized spacial score (nSPS) is 17.3. The summed E-state index contributed by atoms with van der Waals surface area (Å²) in [5.41, 5.74) is 4.87. The molecule has 0 amide bonds. The summed E-state index contributed by atoms with van der Waals surface area (Å²) in [7, 11) is 0. The number of dihydropyridines is 1. The molecule has 0 saturated heterocycles. The SMILES string of the molecule is Cc1cc(-c2cc3ccnc(NCC4=CNC(C)(c5ccncc5)C(C#N)=C4)c3cn2)ccn1. The van der Waals surface area contributed by atoms with Crippen LogP contribution in [0.4, 0.5) is 5.82 Å². The molecule has 4 aromatic rings. The predicted molar refractivity (Wildman–Crippen MR) is 132 cm³/mol. The minimum Gasteiger partial charge on any atom is -0.377 e. The van der Waals surface area contributed by atoms with Gasteiger partial charge in [0.1, 0.15) is 5.82 Å². The lowest BCUT2D eigenvalue weighted by Gasteiger charge is -2.33. The number of aryl methyl sites for hydroxylation is 1. The van der Waals surface area contributed by atoms with Crippen LogP contribution >= 0.6 is 0 Å². The lowest BCUT2D eigenvalue weighted by molar-refractivity contribution is 0.499. The number of anilines is 1. The summed E-state index contributed by atoms with van der Waals surface area (Å²) >= 11 is 0. The number of nitrogens with zero attached hydrogens (tertiary/aromatic N) is 5. The Balaban J connectivity index is 1.37. The summed E-state index contributed by atoms with van der Waals surface area (Å²) < 4.78 is 0. The number of rotatable bonds is 5. The molecule has 166 valence electrons. The third-order valence-corrected chi connectivity index (χ3v) is 6.09. The summed E-state index contributed by atoms with van der Waals surface area (Å²) in [5.74, 6) is 0.748. The highest BCUT2D eigenvalue weighted by molar-refractivity contribution is 5.93. The summed E-state index contributed by atoms with van der Waals surface area (Å²) in [6.45, 7) is 4.48. The van der Waals surface area contributed by atoms with Gasteiger partial charge in [0.05, 0.1) is 22.9 Å². The van der Waals surface area contributed by atoms with Crippen molar-refractivity contribution in [3.63, 3.8) is 0 Å². The largest absolute Gasteiger partial charge is 0.377 e. The van der Waals surface area contributed by atoms with E-state index in [4.69, 9.17) is 0 Å². The Labute approximate surface area is 197 Å². The van der Waals surface area contributed by atoms with Gasteiger partial charge < -0.3 is 10.6 Å². The molecule has 2 N–H and O–H groups in total. The third-order valence-electron chi connectivity index (χ3n) is 6.09. The standard InChI is InChI=1S/C27H23N7/c1-18-11-21(4-9-30-18)25-13-20-3-10-31-26(24(20)17-32-25)33-15-19-12-23(14-28)27(2,34-16-19)22-5-7-29-8-6-22/h3-13,16-17,34H,15H2,1-2H3,(H,31,33). The maximum Gasteiger partial charge on any atom is 0.135 e. The molecule has 0 radical (unpaired) electrons. The average Bonchev–Trinajstić information content (AvgIpc) is 2.88. The van der Waals surface area contributed by atoms with Crippen molar-refractivity contribution < 1.29 is 0 Å². The van der Waals surface area contributed by atoms with Crippen LogP contribution in [0.15, 0.2) is 90.8 Å². The van der Waals surface area contributed by atoms with E-state index in [9.17, 15) is 5.26 Å². The highest BCUT2D eigenvalue weighted by Gasteiger charge is 2.32. The van der Waals surface area contributed by atoms with E-state index < -0.39 is 5.54 Å². The molecular weight excluding hydrogens is 422 g/mol. The van der Waals surface area contributed by atoms with Crippen molar-refractivity contribution in [3.8, 4) is 17.3 Å². The van der Waals surface area contributed by atoms with E-state index in [1.807, 2.05) is 62.7 Å². The first-order valence-corrected chi connectivity index (χ1v) is 11.0. The zero-order valence-electron chi connectivity index (χ0n) is 18.9. The highest BCUT2D eigenvalue weighted by atomic mass is 15.0. The molecule has 0 aromatic carbocycles. The zero-order chi connectivity index (χ0) is 23.5. The van der Waals surface area contributed by atoms with Crippen LogP contribution in [0.25, 0.3) is 22.0 Å². The minimum atomic E-state index is -0.593. The van der Waals surface area contributed by atoms with Gasteiger partial charge in [0.25, 0.3) is 0 Å². The van der Waals surface area contributed by atoms with Gasteiger partial charge in [-0.2, -0.15) is 5.26 Å². The Morgan fingerprint density at radius 1 is 1.03 bits per heavy atom. The monoisotopic (exact) mass is 445 g/mol. The van der Waals surface area contributed by atoms with Crippen LogP contribution in [0.2, 0.25) is 0 Å². The second kappa shape index (κ2) is 8.75. The van der Waals surface area contributed by atoms with Gasteiger partial charge in [-0.25, -0.2) is 4.98 Å². The molecule has 34 heavy (non-hydrogen) atoms. The first kappa shape index (κ1) is 21.3. The van der Waals surface area contributed by atoms with Crippen LogP contribution in [0, 0.1) is 18.3 Å². The molecule has 0 aliphatic carbocycles. The third kappa shape index (κ3) is 3.97. The van der Waals surface area contributed by atoms with E-state index in [0.717, 1.165) is 44.7 Å². The maximum absolute atomic E-state index is 9.82.